The first-order valence-corrected chi connectivity index (χ1v) is 19.9. The standard InChI is InChI=1S/C12H20ClO2.3C4H9.Sn/c1-3-5-6-7-8-10-11(9-4-2)15-12(13)14;3*1-3-4-2;/h11H,2-3,5-10H2,1H3;3*1,3-4H2,2H3;. The third-order valence-corrected chi connectivity index (χ3v) is 22.3. The molecule has 0 saturated carbocycles. The molecule has 0 aromatic carbocycles. The minimum atomic E-state index is -2.47. The summed E-state index contributed by atoms with van der Waals surface area (Å²) in [6.45, 7) is 13.8. The number of ether oxygens (including phenoxy) is 1. The number of carbonyl (C=O) groups excluding carboxylic acids is 1. The van der Waals surface area contributed by atoms with Crippen LogP contribution in [0.2, 0.25) is 13.3 Å². The number of carbonyl (C=O) groups is 1. The third kappa shape index (κ3) is 12.8. The van der Waals surface area contributed by atoms with Crippen molar-refractivity contribution < 1.29 is 9.53 Å². The second kappa shape index (κ2) is 18.1. The molecule has 2 nitrogen and oxygen atoms in total. The second-order valence-electron chi connectivity index (χ2n) is 8.58. The van der Waals surface area contributed by atoms with Crippen LogP contribution in [0.1, 0.15) is 111 Å². The molecule has 0 bridgehead atoms. The van der Waals surface area contributed by atoms with Crippen LogP contribution in [-0.2, 0) is 4.74 Å². The molecule has 0 aliphatic carbocycles. The SMILES string of the molecule is C=[C](CC(CCCCCCC)OC(=O)Cl)[Sn]([CH2]CCC)([CH2]CCC)[CH2]CCC. The molecule has 0 saturated heterocycles. The van der Waals surface area contributed by atoms with Crippen molar-refractivity contribution in [1.82, 2.24) is 0 Å². The van der Waals surface area contributed by atoms with Gasteiger partial charge in [-0.15, -0.1) is 0 Å². The normalized spacial score (nSPS) is 12.8. The van der Waals surface area contributed by atoms with Crippen LogP contribution in [0.3, 0.4) is 0 Å². The Labute approximate surface area is 185 Å². The summed E-state index contributed by atoms with van der Waals surface area (Å²) in [6, 6.07) is 0. The molecule has 0 spiro atoms. The van der Waals surface area contributed by atoms with Crippen molar-refractivity contribution in [2.24, 2.45) is 0 Å². The average Bonchev–Trinajstić information content (AvgIpc) is 2.66. The fourth-order valence-electron chi connectivity index (χ4n) is 4.25. The molecular weight excluding hydrogens is 474 g/mol. The molecule has 1 atom stereocenters. The van der Waals surface area contributed by atoms with E-state index in [0.717, 1.165) is 19.3 Å². The Bertz CT molecular complexity index is 390. The number of rotatable bonds is 19. The number of hydrogen-bond acceptors (Lipinski definition) is 2. The van der Waals surface area contributed by atoms with Gasteiger partial charge in [-0.2, -0.15) is 0 Å². The minimum absolute atomic E-state index is 0.0694. The van der Waals surface area contributed by atoms with Gasteiger partial charge in [0.1, 0.15) is 0 Å². The van der Waals surface area contributed by atoms with Crippen LogP contribution in [-0.4, -0.2) is 29.9 Å². The van der Waals surface area contributed by atoms with E-state index in [-0.39, 0.29) is 6.10 Å². The van der Waals surface area contributed by atoms with Gasteiger partial charge in [0.05, 0.1) is 0 Å². The Balaban J connectivity index is 5.13. The molecule has 0 amide bonds. The van der Waals surface area contributed by atoms with Crippen molar-refractivity contribution in [1.29, 1.82) is 0 Å². The van der Waals surface area contributed by atoms with E-state index in [1.165, 1.54) is 81.1 Å². The number of halogens is 1. The third-order valence-electron chi connectivity index (χ3n) is 6.14. The molecule has 0 aromatic heterocycles. The van der Waals surface area contributed by atoms with E-state index in [4.69, 9.17) is 16.3 Å². The Morgan fingerprint density at radius 1 is 0.821 bits per heavy atom. The van der Waals surface area contributed by atoms with E-state index < -0.39 is 23.8 Å². The average molecular weight is 522 g/mol. The van der Waals surface area contributed by atoms with Gasteiger partial charge in [0.15, 0.2) is 0 Å². The first kappa shape index (κ1) is 28.3. The van der Waals surface area contributed by atoms with Gasteiger partial charge >= 0.3 is 186 Å². The van der Waals surface area contributed by atoms with Crippen LogP contribution in [0.25, 0.3) is 0 Å². The van der Waals surface area contributed by atoms with Crippen molar-refractivity contribution in [3.8, 4) is 0 Å². The molecule has 4 heteroatoms. The van der Waals surface area contributed by atoms with Crippen molar-refractivity contribution in [3.63, 3.8) is 0 Å². The van der Waals surface area contributed by atoms with E-state index in [0.29, 0.717) is 0 Å². The summed E-state index contributed by atoms with van der Waals surface area (Å²) < 4.78 is 11.3. The molecule has 0 aliphatic heterocycles. The fraction of sp³-hybridized carbons (Fsp3) is 0.875. The van der Waals surface area contributed by atoms with Crippen molar-refractivity contribution >= 4 is 35.4 Å². The molecule has 0 N–H and O–H groups in total. The zero-order valence-corrected chi connectivity index (χ0v) is 22.9. The predicted octanol–water partition coefficient (Wildman–Crippen LogP) is 9.43. The second-order valence-corrected chi connectivity index (χ2v) is 22.5. The Morgan fingerprint density at radius 2 is 1.29 bits per heavy atom. The van der Waals surface area contributed by atoms with Crippen molar-refractivity contribution in [2.75, 3.05) is 0 Å². The maximum atomic E-state index is 11.5. The van der Waals surface area contributed by atoms with Gasteiger partial charge in [0, 0.05) is 0 Å². The maximum absolute atomic E-state index is 11.5. The van der Waals surface area contributed by atoms with Crippen molar-refractivity contribution in [2.45, 2.75) is 131 Å². The van der Waals surface area contributed by atoms with E-state index in [2.05, 4.69) is 34.3 Å². The fourth-order valence-corrected chi connectivity index (χ4v) is 20.3. The predicted molar refractivity (Wildman–Crippen MR) is 128 cm³/mol. The summed E-state index contributed by atoms with van der Waals surface area (Å²) in [7, 11) is 0. The van der Waals surface area contributed by atoms with E-state index in [1.54, 1.807) is 0 Å². The molecule has 0 rings (SSSR count). The summed E-state index contributed by atoms with van der Waals surface area (Å²) in [4.78, 5) is 11.5. The molecule has 28 heavy (non-hydrogen) atoms. The van der Waals surface area contributed by atoms with Gasteiger partial charge in [0.25, 0.3) is 0 Å². The first-order valence-electron chi connectivity index (χ1n) is 12.0. The van der Waals surface area contributed by atoms with Gasteiger partial charge in [-0.1, -0.05) is 0 Å². The molecule has 0 aliphatic rings. The molecular formula is C24H47ClO2Sn. The van der Waals surface area contributed by atoms with Gasteiger partial charge in [-0.05, 0) is 0 Å². The van der Waals surface area contributed by atoms with Crippen LogP contribution in [0.15, 0.2) is 10.2 Å². The summed E-state index contributed by atoms with van der Waals surface area (Å²) >= 11 is 3.14. The zero-order valence-electron chi connectivity index (χ0n) is 19.3. The quantitative estimate of drug-likeness (QED) is 0.0961. The van der Waals surface area contributed by atoms with Crippen molar-refractivity contribution in [3.05, 3.63) is 10.2 Å². The summed E-state index contributed by atoms with van der Waals surface area (Å²) in [5.74, 6) is 0. The summed E-state index contributed by atoms with van der Waals surface area (Å²) in [6.07, 6.45) is 15.7. The van der Waals surface area contributed by atoms with Gasteiger partial charge < -0.3 is 0 Å². The molecule has 0 fully saturated rings. The zero-order chi connectivity index (χ0) is 21.3. The topological polar surface area (TPSA) is 26.3 Å². The van der Waals surface area contributed by atoms with Crippen LogP contribution in [0, 0.1) is 0 Å². The van der Waals surface area contributed by atoms with Crippen LogP contribution in [0.4, 0.5) is 4.79 Å². The van der Waals surface area contributed by atoms with E-state index >= 15 is 0 Å². The molecule has 0 aromatic rings. The Kier molecular flexibility index (Phi) is 18.3. The van der Waals surface area contributed by atoms with E-state index in [1.807, 2.05) is 0 Å². The Morgan fingerprint density at radius 3 is 1.71 bits per heavy atom. The van der Waals surface area contributed by atoms with E-state index in [9.17, 15) is 4.79 Å². The number of unbranched alkanes of at least 4 members (excludes halogenated alkanes) is 7. The summed E-state index contributed by atoms with van der Waals surface area (Å²) in [5, 5.41) is 0. The molecule has 166 valence electrons. The summed E-state index contributed by atoms with van der Waals surface area (Å²) in [5.41, 5.74) is -0.650. The van der Waals surface area contributed by atoms with Crippen LogP contribution < -0.4 is 0 Å². The number of hydrogen-bond donors (Lipinski definition) is 0. The van der Waals surface area contributed by atoms with Crippen LogP contribution in [0.5, 0.6) is 0 Å². The van der Waals surface area contributed by atoms with Gasteiger partial charge in [0.2, 0.25) is 0 Å². The van der Waals surface area contributed by atoms with Gasteiger partial charge in [-0.25, -0.2) is 0 Å². The first-order chi connectivity index (χ1) is 13.5. The molecule has 0 radical (unpaired) electrons. The molecule has 1 unspecified atom stereocenters. The van der Waals surface area contributed by atoms with Gasteiger partial charge in [-0.3, -0.25) is 0 Å². The Hall–Kier alpha value is 0.299. The molecule has 0 heterocycles. The monoisotopic (exact) mass is 522 g/mol. The van der Waals surface area contributed by atoms with Crippen LogP contribution >= 0.6 is 11.6 Å².